The second kappa shape index (κ2) is 9.87. The van der Waals surface area contributed by atoms with Crippen molar-refractivity contribution in [2.75, 3.05) is 27.4 Å². The van der Waals surface area contributed by atoms with Crippen molar-refractivity contribution in [3.63, 3.8) is 0 Å². The van der Waals surface area contributed by atoms with Gasteiger partial charge in [-0.1, -0.05) is 29.3 Å². The Bertz CT molecular complexity index is 1070. The number of carbonyl (C=O) groups excluding carboxylic acids is 1. The van der Waals surface area contributed by atoms with Crippen LogP contribution in [0.2, 0.25) is 10.0 Å². The normalized spacial score (nSPS) is 10.7. The molecule has 0 aliphatic carbocycles. The maximum atomic E-state index is 12.2. The van der Waals surface area contributed by atoms with Crippen LogP contribution in [0, 0.1) is 6.92 Å². The Hall–Kier alpha value is -2.70. The fourth-order valence-corrected chi connectivity index (χ4v) is 3.57. The maximum absolute atomic E-state index is 12.2. The first kappa shape index (κ1) is 22.0. The number of fused-ring (bicyclic) bond motifs is 1. The number of amides is 1. The standard InChI is InChI=1S/C22H22Cl2N2O4/c1-13-4-6-15-16(23)11-17(24)22(21(15)26-13)30-12-20(27)25-9-8-14-5-7-18(28-2)19(10-14)29-3/h4-7,10-11H,8-9,12H2,1-3H3,(H,25,27). The number of nitrogens with zero attached hydrogens (tertiary/aromatic N) is 1. The lowest BCUT2D eigenvalue weighted by Crippen LogP contribution is -2.30. The van der Waals surface area contributed by atoms with Crippen molar-refractivity contribution < 1.29 is 19.0 Å². The number of aryl methyl sites for hydroxylation is 1. The Morgan fingerprint density at radius 3 is 2.53 bits per heavy atom. The Labute approximate surface area is 185 Å². The Morgan fingerprint density at radius 1 is 1.03 bits per heavy atom. The number of benzene rings is 2. The van der Waals surface area contributed by atoms with Gasteiger partial charge in [-0.3, -0.25) is 4.79 Å². The molecule has 2 aromatic carbocycles. The minimum atomic E-state index is -0.262. The molecule has 0 unspecified atom stereocenters. The zero-order chi connectivity index (χ0) is 21.7. The number of halogens is 2. The lowest BCUT2D eigenvalue weighted by Gasteiger charge is -2.13. The Morgan fingerprint density at radius 2 is 1.80 bits per heavy atom. The highest BCUT2D eigenvalue weighted by atomic mass is 35.5. The quantitative estimate of drug-likeness (QED) is 0.544. The van der Waals surface area contributed by atoms with Gasteiger partial charge in [-0.25, -0.2) is 4.98 Å². The maximum Gasteiger partial charge on any atom is 0.257 e. The number of pyridine rings is 1. The summed E-state index contributed by atoms with van der Waals surface area (Å²) in [4.78, 5) is 16.7. The number of rotatable bonds is 8. The van der Waals surface area contributed by atoms with Gasteiger partial charge < -0.3 is 19.5 Å². The molecular weight excluding hydrogens is 427 g/mol. The van der Waals surface area contributed by atoms with Gasteiger partial charge in [0.05, 0.1) is 24.3 Å². The van der Waals surface area contributed by atoms with Gasteiger partial charge in [0, 0.05) is 17.6 Å². The van der Waals surface area contributed by atoms with E-state index in [0.29, 0.717) is 45.8 Å². The highest BCUT2D eigenvalue weighted by Crippen LogP contribution is 2.37. The molecule has 0 atom stereocenters. The van der Waals surface area contributed by atoms with Gasteiger partial charge in [-0.15, -0.1) is 0 Å². The molecule has 3 aromatic rings. The minimum Gasteiger partial charge on any atom is -0.493 e. The molecular formula is C22H22Cl2N2O4. The molecule has 0 fully saturated rings. The molecule has 30 heavy (non-hydrogen) atoms. The van der Waals surface area contributed by atoms with E-state index in [2.05, 4.69) is 10.3 Å². The van der Waals surface area contributed by atoms with Crippen LogP contribution in [0.1, 0.15) is 11.3 Å². The van der Waals surface area contributed by atoms with Crippen LogP contribution in [0.5, 0.6) is 17.2 Å². The molecule has 0 spiro atoms. The number of hydrogen-bond donors (Lipinski definition) is 1. The van der Waals surface area contributed by atoms with Crippen molar-refractivity contribution in [3.05, 3.63) is 57.7 Å². The Balaban J connectivity index is 1.60. The van der Waals surface area contributed by atoms with Gasteiger partial charge in [-0.2, -0.15) is 0 Å². The summed E-state index contributed by atoms with van der Waals surface area (Å²) < 4.78 is 16.2. The predicted octanol–water partition coefficient (Wildman–Crippen LogP) is 4.60. The van der Waals surface area contributed by atoms with Crippen LogP contribution in [0.4, 0.5) is 0 Å². The molecule has 158 valence electrons. The van der Waals surface area contributed by atoms with Gasteiger partial charge in [0.15, 0.2) is 23.9 Å². The third-order valence-electron chi connectivity index (χ3n) is 4.51. The van der Waals surface area contributed by atoms with Crippen molar-refractivity contribution in [2.24, 2.45) is 0 Å². The van der Waals surface area contributed by atoms with E-state index in [1.165, 1.54) is 0 Å². The third-order valence-corrected chi connectivity index (χ3v) is 5.10. The predicted molar refractivity (Wildman–Crippen MR) is 118 cm³/mol. The van der Waals surface area contributed by atoms with E-state index >= 15 is 0 Å². The van der Waals surface area contributed by atoms with Crippen LogP contribution >= 0.6 is 23.2 Å². The summed E-state index contributed by atoms with van der Waals surface area (Å²) >= 11 is 12.5. The Kier molecular flexibility index (Phi) is 7.24. The van der Waals surface area contributed by atoms with E-state index in [9.17, 15) is 4.79 Å². The molecule has 1 amide bonds. The van der Waals surface area contributed by atoms with E-state index < -0.39 is 0 Å². The SMILES string of the molecule is COc1ccc(CCNC(=O)COc2c(Cl)cc(Cl)c3ccc(C)nc23)cc1OC. The van der Waals surface area contributed by atoms with Crippen molar-refractivity contribution >= 4 is 40.0 Å². The number of nitrogens with one attached hydrogen (secondary N) is 1. The van der Waals surface area contributed by atoms with Gasteiger partial charge >= 0.3 is 0 Å². The van der Waals surface area contributed by atoms with E-state index in [1.54, 1.807) is 20.3 Å². The summed E-state index contributed by atoms with van der Waals surface area (Å²) in [5, 5.41) is 4.34. The van der Waals surface area contributed by atoms with Gasteiger partial charge in [0.2, 0.25) is 0 Å². The smallest absolute Gasteiger partial charge is 0.257 e. The molecule has 8 heteroatoms. The summed E-state index contributed by atoms with van der Waals surface area (Å²) in [7, 11) is 3.17. The molecule has 0 bridgehead atoms. The van der Waals surface area contributed by atoms with Gasteiger partial charge in [-0.05, 0) is 49.2 Å². The molecule has 0 aliphatic heterocycles. The summed E-state index contributed by atoms with van der Waals surface area (Å²) in [5.74, 6) is 1.39. The first-order valence-electron chi connectivity index (χ1n) is 9.28. The largest absolute Gasteiger partial charge is 0.493 e. The van der Waals surface area contributed by atoms with Crippen LogP contribution in [0.3, 0.4) is 0 Å². The van der Waals surface area contributed by atoms with Crippen molar-refractivity contribution in [1.82, 2.24) is 10.3 Å². The summed E-state index contributed by atoms with van der Waals surface area (Å²) in [5.41, 5.74) is 2.34. The first-order valence-corrected chi connectivity index (χ1v) is 10.0. The number of ether oxygens (including phenoxy) is 3. The van der Waals surface area contributed by atoms with Crippen LogP contribution in [-0.4, -0.2) is 38.3 Å². The molecule has 1 aromatic heterocycles. The van der Waals surface area contributed by atoms with Crippen LogP contribution in [0.15, 0.2) is 36.4 Å². The van der Waals surface area contributed by atoms with E-state index in [-0.39, 0.29) is 12.5 Å². The fraction of sp³-hybridized carbons (Fsp3) is 0.273. The van der Waals surface area contributed by atoms with E-state index in [4.69, 9.17) is 37.4 Å². The zero-order valence-electron chi connectivity index (χ0n) is 16.9. The minimum absolute atomic E-state index is 0.183. The molecule has 0 saturated heterocycles. The average molecular weight is 449 g/mol. The van der Waals surface area contributed by atoms with Crippen LogP contribution in [0.25, 0.3) is 10.9 Å². The second-order valence-corrected chi connectivity index (χ2v) is 7.41. The third kappa shape index (κ3) is 5.07. The number of hydrogen-bond acceptors (Lipinski definition) is 5. The number of aromatic nitrogens is 1. The summed E-state index contributed by atoms with van der Waals surface area (Å²) in [6.45, 7) is 2.13. The number of carbonyl (C=O) groups is 1. The second-order valence-electron chi connectivity index (χ2n) is 6.60. The molecule has 0 aliphatic rings. The molecule has 0 saturated carbocycles. The van der Waals surface area contributed by atoms with Gasteiger partial charge in [0.1, 0.15) is 5.52 Å². The highest BCUT2D eigenvalue weighted by molar-refractivity contribution is 6.39. The van der Waals surface area contributed by atoms with Crippen LogP contribution < -0.4 is 19.5 Å². The molecule has 1 N–H and O–H groups in total. The highest BCUT2D eigenvalue weighted by Gasteiger charge is 2.15. The number of methoxy groups -OCH3 is 2. The van der Waals surface area contributed by atoms with Crippen molar-refractivity contribution in [2.45, 2.75) is 13.3 Å². The van der Waals surface area contributed by atoms with E-state index in [0.717, 1.165) is 16.6 Å². The summed E-state index contributed by atoms with van der Waals surface area (Å²) in [6.07, 6.45) is 0.636. The lowest BCUT2D eigenvalue weighted by molar-refractivity contribution is -0.123. The fourth-order valence-electron chi connectivity index (χ4n) is 3.00. The molecule has 0 radical (unpaired) electrons. The van der Waals surface area contributed by atoms with E-state index in [1.807, 2.05) is 37.3 Å². The molecule has 1 heterocycles. The molecule has 3 rings (SSSR count). The zero-order valence-corrected chi connectivity index (χ0v) is 18.4. The van der Waals surface area contributed by atoms with Gasteiger partial charge in [0.25, 0.3) is 5.91 Å². The molecule has 6 nitrogen and oxygen atoms in total. The average Bonchev–Trinajstić information content (AvgIpc) is 2.73. The van der Waals surface area contributed by atoms with Crippen LogP contribution in [-0.2, 0) is 11.2 Å². The topological polar surface area (TPSA) is 69.7 Å². The first-order chi connectivity index (χ1) is 14.4. The monoisotopic (exact) mass is 448 g/mol. The summed E-state index contributed by atoms with van der Waals surface area (Å²) in [6, 6.07) is 10.9. The van der Waals surface area contributed by atoms with Crippen molar-refractivity contribution in [1.29, 1.82) is 0 Å². The lowest BCUT2D eigenvalue weighted by atomic mass is 10.1. The van der Waals surface area contributed by atoms with Crippen molar-refractivity contribution in [3.8, 4) is 17.2 Å².